The van der Waals surface area contributed by atoms with Gasteiger partial charge in [0.1, 0.15) is 5.69 Å². The van der Waals surface area contributed by atoms with Gasteiger partial charge in [-0.2, -0.15) is 0 Å². The normalized spacial score (nSPS) is 15.4. The Balaban J connectivity index is 2.36. The van der Waals surface area contributed by atoms with Gasteiger partial charge in [-0.05, 0) is 6.07 Å². The summed E-state index contributed by atoms with van der Waals surface area (Å²) in [4.78, 5) is 0. The first-order chi connectivity index (χ1) is 5.86. The lowest BCUT2D eigenvalue weighted by Crippen LogP contribution is -2.39. The number of fused-ring (bicyclic) bond motifs is 1. The topological polar surface area (TPSA) is 46.1 Å². The second-order valence-electron chi connectivity index (χ2n) is 2.83. The molecule has 0 saturated carbocycles. The fourth-order valence-corrected chi connectivity index (χ4v) is 1.21. The van der Waals surface area contributed by atoms with Crippen LogP contribution in [0.15, 0.2) is 18.2 Å². The number of hydrogen-bond acceptors (Lipinski definition) is 2. The first-order valence-electron chi connectivity index (χ1n) is 4.08. The van der Waals surface area contributed by atoms with E-state index in [0.29, 0.717) is 0 Å². The minimum atomic E-state index is 0.733. The lowest BCUT2D eigenvalue weighted by Gasteiger charge is -2.05. The largest absolute Gasteiger partial charge is 0.490 e. The number of hydrogen-bond donors (Lipinski definition) is 1. The van der Waals surface area contributed by atoms with Crippen molar-refractivity contribution in [2.75, 3.05) is 13.2 Å². The summed E-state index contributed by atoms with van der Waals surface area (Å²) in [6, 6.07) is 5.73. The highest BCUT2D eigenvalue weighted by atomic mass is 16.5. The fraction of sp³-hybridized carbons (Fsp3) is 0.333. The standard InChI is InChI=1S/C9H11NO2/c10-7-2-3-8-9(6-7)12-5-1-4-11-8/h2-3,6H,1,4-5,10H2/p+1. The van der Waals surface area contributed by atoms with Crippen LogP contribution in [-0.2, 0) is 0 Å². The van der Waals surface area contributed by atoms with E-state index in [1.807, 2.05) is 18.2 Å². The molecular formula is C9H12NO2+. The lowest BCUT2D eigenvalue weighted by molar-refractivity contribution is -0.254. The molecule has 0 aromatic heterocycles. The summed E-state index contributed by atoms with van der Waals surface area (Å²) in [5, 5.41) is 0. The molecule has 1 aromatic rings. The molecule has 0 saturated heterocycles. The van der Waals surface area contributed by atoms with Gasteiger partial charge < -0.3 is 15.2 Å². The van der Waals surface area contributed by atoms with E-state index in [1.165, 1.54) is 0 Å². The van der Waals surface area contributed by atoms with Gasteiger partial charge in [0, 0.05) is 18.6 Å². The predicted octanol–water partition coefficient (Wildman–Crippen LogP) is 0.721. The Bertz CT molecular complexity index is 286. The molecule has 3 nitrogen and oxygen atoms in total. The second-order valence-corrected chi connectivity index (χ2v) is 2.83. The van der Waals surface area contributed by atoms with Crippen LogP contribution in [0, 0.1) is 0 Å². The van der Waals surface area contributed by atoms with E-state index in [-0.39, 0.29) is 0 Å². The maximum atomic E-state index is 5.46. The molecule has 0 spiro atoms. The average Bonchev–Trinajstić information content (AvgIpc) is 2.28. The Morgan fingerprint density at radius 3 is 2.67 bits per heavy atom. The molecule has 64 valence electrons. The van der Waals surface area contributed by atoms with Gasteiger partial charge in [0.15, 0.2) is 11.5 Å². The van der Waals surface area contributed by atoms with E-state index in [9.17, 15) is 0 Å². The fourth-order valence-electron chi connectivity index (χ4n) is 1.21. The number of benzene rings is 1. The summed E-state index contributed by atoms with van der Waals surface area (Å²) >= 11 is 0. The van der Waals surface area contributed by atoms with Gasteiger partial charge in [0.2, 0.25) is 0 Å². The maximum Gasteiger partial charge on any atom is 0.167 e. The SMILES string of the molecule is [NH3+]c1ccc2c(c1)OCCCO2. The van der Waals surface area contributed by atoms with Crippen LogP contribution in [0.2, 0.25) is 0 Å². The van der Waals surface area contributed by atoms with Crippen molar-refractivity contribution in [2.45, 2.75) is 6.42 Å². The third-order valence-corrected chi connectivity index (χ3v) is 1.81. The number of ether oxygens (including phenoxy) is 2. The van der Waals surface area contributed by atoms with Crippen molar-refractivity contribution in [3.8, 4) is 11.5 Å². The Hall–Kier alpha value is -1.22. The third-order valence-electron chi connectivity index (χ3n) is 1.81. The molecule has 0 unspecified atom stereocenters. The van der Waals surface area contributed by atoms with Crippen LogP contribution in [0.25, 0.3) is 0 Å². The van der Waals surface area contributed by atoms with Gasteiger partial charge in [-0.3, -0.25) is 0 Å². The van der Waals surface area contributed by atoms with Gasteiger partial charge >= 0.3 is 0 Å². The molecular weight excluding hydrogens is 154 g/mol. The molecule has 1 aliphatic rings. The van der Waals surface area contributed by atoms with E-state index >= 15 is 0 Å². The maximum absolute atomic E-state index is 5.46. The number of quaternary nitrogens is 1. The summed E-state index contributed by atoms with van der Waals surface area (Å²) in [5.41, 5.74) is 4.78. The first kappa shape index (κ1) is 7.43. The molecule has 1 aliphatic heterocycles. The van der Waals surface area contributed by atoms with Gasteiger partial charge in [0.25, 0.3) is 0 Å². The summed E-state index contributed by atoms with van der Waals surface area (Å²) in [6.07, 6.45) is 0.946. The minimum absolute atomic E-state index is 0.733. The molecule has 1 heterocycles. The van der Waals surface area contributed by atoms with Crippen molar-refractivity contribution in [2.24, 2.45) is 0 Å². The van der Waals surface area contributed by atoms with Gasteiger partial charge in [-0.15, -0.1) is 0 Å². The molecule has 0 aliphatic carbocycles. The third kappa shape index (κ3) is 1.36. The van der Waals surface area contributed by atoms with Crippen molar-refractivity contribution in [1.29, 1.82) is 0 Å². The molecule has 0 bridgehead atoms. The van der Waals surface area contributed by atoms with Crippen molar-refractivity contribution in [3.63, 3.8) is 0 Å². The average molecular weight is 166 g/mol. The summed E-state index contributed by atoms with van der Waals surface area (Å²) < 4.78 is 10.9. The zero-order valence-electron chi connectivity index (χ0n) is 6.88. The van der Waals surface area contributed by atoms with E-state index in [2.05, 4.69) is 5.73 Å². The molecule has 0 amide bonds. The summed E-state index contributed by atoms with van der Waals surface area (Å²) in [6.45, 7) is 1.47. The van der Waals surface area contributed by atoms with Crippen molar-refractivity contribution >= 4 is 5.69 Å². The van der Waals surface area contributed by atoms with Crippen molar-refractivity contribution in [1.82, 2.24) is 0 Å². The molecule has 12 heavy (non-hydrogen) atoms. The van der Waals surface area contributed by atoms with E-state index in [4.69, 9.17) is 9.47 Å². The van der Waals surface area contributed by atoms with E-state index in [1.54, 1.807) is 0 Å². The van der Waals surface area contributed by atoms with Crippen LogP contribution in [0.3, 0.4) is 0 Å². The van der Waals surface area contributed by atoms with Crippen LogP contribution < -0.4 is 15.2 Å². The van der Waals surface area contributed by atoms with E-state index < -0.39 is 0 Å². The highest BCUT2D eigenvalue weighted by molar-refractivity contribution is 5.47. The molecule has 0 radical (unpaired) electrons. The van der Waals surface area contributed by atoms with Crippen LogP contribution in [0.1, 0.15) is 6.42 Å². The van der Waals surface area contributed by atoms with Gasteiger partial charge in [-0.1, -0.05) is 0 Å². The predicted molar refractivity (Wildman–Crippen MR) is 44.6 cm³/mol. The van der Waals surface area contributed by atoms with Crippen LogP contribution in [-0.4, -0.2) is 13.2 Å². The molecule has 0 atom stereocenters. The molecule has 1 aromatic carbocycles. The monoisotopic (exact) mass is 166 g/mol. The molecule has 0 fully saturated rings. The Labute approximate surface area is 71.1 Å². The second kappa shape index (κ2) is 3.03. The van der Waals surface area contributed by atoms with Crippen LogP contribution in [0.5, 0.6) is 11.5 Å². The highest BCUT2D eigenvalue weighted by Crippen LogP contribution is 2.30. The van der Waals surface area contributed by atoms with Crippen molar-refractivity contribution < 1.29 is 15.2 Å². The lowest BCUT2D eigenvalue weighted by atomic mass is 10.3. The quantitative estimate of drug-likeness (QED) is 0.617. The van der Waals surface area contributed by atoms with Crippen LogP contribution in [0.4, 0.5) is 5.69 Å². The summed E-state index contributed by atoms with van der Waals surface area (Å²) in [5.74, 6) is 1.65. The van der Waals surface area contributed by atoms with Gasteiger partial charge in [-0.25, -0.2) is 0 Å². The molecule has 3 heteroatoms. The molecule has 3 N–H and O–H groups in total. The van der Waals surface area contributed by atoms with Gasteiger partial charge in [0.05, 0.1) is 13.2 Å². The summed E-state index contributed by atoms with van der Waals surface area (Å²) in [7, 11) is 0. The van der Waals surface area contributed by atoms with Crippen molar-refractivity contribution in [3.05, 3.63) is 18.2 Å². The zero-order valence-corrected chi connectivity index (χ0v) is 6.88. The number of rotatable bonds is 0. The van der Waals surface area contributed by atoms with E-state index in [0.717, 1.165) is 36.8 Å². The highest BCUT2D eigenvalue weighted by Gasteiger charge is 2.10. The smallest absolute Gasteiger partial charge is 0.167 e. The zero-order chi connectivity index (χ0) is 8.39. The Morgan fingerprint density at radius 1 is 1.08 bits per heavy atom. The van der Waals surface area contributed by atoms with Crippen LogP contribution >= 0.6 is 0 Å². The Morgan fingerprint density at radius 2 is 1.83 bits per heavy atom. The Kier molecular flexibility index (Phi) is 1.87. The minimum Gasteiger partial charge on any atom is -0.490 e. The first-order valence-corrected chi connectivity index (χ1v) is 4.08. The molecule has 2 rings (SSSR count).